The SMILES string of the molecule is CC(S)C(=O)NCc1ccncc1. The zero-order valence-electron chi connectivity index (χ0n) is 7.40. The summed E-state index contributed by atoms with van der Waals surface area (Å²) in [5.74, 6) is -0.0554. The van der Waals surface area contributed by atoms with E-state index in [2.05, 4.69) is 22.9 Å². The molecule has 0 fully saturated rings. The molecular weight excluding hydrogens is 184 g/mol. The molecule has 0 spiro atoms. The number of rotatable bonds is 3. The first-order valence-corrected chi connectivity index (χ1v) is 4.56. The van der Waals surface area contributed by atoms with Crippen LogP contribution in [0.5, 0.6) is 0 Å². The lowest BCUT2D eigenvalue weighted by Gasteiger charge is -2.06. The minimum atomic E-state index is -0.262. The summed E-state index contributed by atoms with van der Waals surface area (Å²) in [5.41, 5.74) is 1.04. The van der Waals surface area contributed by atoms with E-state index in [0.29, 0.717) is 6.54 Å². The lowest BCUT2D eigenvalue weighted by molar-refractivity contribution is -0.120. The molecule has 0 aliphatic heterocycles. The van der Waals surface area contributed by atoms with Crippen molar-refractivity contribution in [3.05, 3.63) is 30.1 Å². The van der Waals surface area contributed by atoms with Crippen LogP contribution in [0.3, 0.4) is 0 Å². The lowest BCUT2D eigenvalue weighted by Crippen LogP contribution is -2.29. The molecule has 3 nitrogen and oxygen atoms in total. The number of hydrogen-bond acceptors (Lipinski definition) is 3. The van der Waals surface area contributed by atoms with Crippen LogP contribution in [0.15, 0.2) is 24.5 Å². The predicted molar refractivity (Wildman–Crippen MR) is 54.5 cm³/mol. The first-order valence-electron chi connectivity index (χ1n) is 4.05. The quantitative estimate of drug-likeness (QED) is 0.709. The molecule has 0 aliphatic carbocycles. The number of nitrogens with one attached hydrogen (secondary N) is 1. The first-order chi connectivity index (χ1) is 6.20. The molecule has 13 heavy (non-hydrogen) atoms. The fourth-order valence-corrected chi connectivity index (χ4v) is 0.929. The Balaban J connectivity index is 2.40. The number of thiol groups is 1. The maximum Gasteiger partial charge on any atom is 0.232 e. The van der Waals surface area contributed by atoms with E-state index in [4.69, 9.17) is 0 Å². The van der Waals surface area contributed by atoms with E-state index in [1.807, 2.05) is 12.1 Å². The van der Waals surface area contributed by atoms with Crippen LogP contribution in [0.25, 0.3) is 0 Å². The molecule has 1 atom stereocenters. The van der Waals surface area contributed by atoms with Gasteiger partial charge in [-0.3, -0.25) is 9.78 Å². The van der Waals surface area contributed by atoms with Crippen LogP contribution in [0.1, 0.15) is 12.5 Å². The molecule has 1 aromatic rings. The van der Waals surface area contributed by atoms with Crippen molar-refractivity contribution in [1.82, 2.24) is 10.3 Å². The molecule has 0 aliphatic rings. The van der Waals surface area contributed by atoms with Gasteiger partial charge in [-0.15, -0.1) is 0 Å². The van der Waals surface area contributed by atoms with Crippen LogP contribution >= 0.6 is 12.6 Å². The Kier molecular flexibility index (Phi) is 3.76. The van der Waals surface area contributed by atoms with Crippen molar-refractivity contribution in [2.45, 2.75) is 18.7 Å². The average Bonchev–Trinajstić information content (AvgIpc) is 2.15. The van der Waals surface area contributed by atoms with Crippen LogP contribution in [-0.2, 0) is 11.3 Å². The first kappa shape index (κ1) is 10.1. The zero-order valence-corrected chi connectivity index (χ0v) is 8.29. The molecule has 4 heteroatoms. The van der Waals surface area contributed by atoms with Gasteiger partial charge in [-0.05, 0) is 24.6 Å². The molecule has 1 aromatic heterocycles. The fourth-order valence-electron chi connectivity index (χ4n) is 0.838. The number of carbonyl (C=O) groups is 1. The average molecular weight is 196 g/mol. The Bertz CT molecular complexity index is 274. The topological polar surface area (TPSA) is 42.0 Å². The number of amides is 1. The van der Waals surface area contributed by atoms with Gasteiger partial charge in [0.15, 0.2) is 0 Å². The van der Waals surface area contributed by atoms with Gasteiger partial charge in [0, 0.05) is 18.9 Å². The zero-order chi connectivity index (χ0) is 9.68. The Morgan fingerprint density at radius 1 is 1.62 bits per heavy atom. The summed E-state index contributed by atoms with van der Waals surface area (Å²) >= 11 is 4.02. The van der Waals surface area contributed by atoms with Gasteiger partial charge in [0.1, 0.15) is 0 Å². The summed E-state index contributed by atoms with van der Waals surface area (Å²) in [5, 5.41) is 2.49. The normalized spacial score (nSPS) is 12.2. The van der Waals surface area contributed by atoms with Gasteiger partial charge >= 0.3 is 0 Å². The highest BCUT2D eigenvalue weighted by Crippen LogP contribution is 1.97. The number of pyridine rings is 1. The molecular formula is C9H12N2OS. The maximum atomic E-state index is 11.1. The number of nitrogens with zero attached hydrogens (tertiary/aromatic N) is 1. The predicted octanol–water partition coefficient (Wildman–Crippen LogP) is 1.02. The number of hydrogen-bond donors (Lipinski definition) is 2. The molecule has 0 saturated carbocycles. The van der Waals surface area contributed by atoms with E-state index in [0.717, 1.165) is 5.56 Å². The standard InChI is InChI=1S/C9H12N2OS/c1-7(13)9(12)11-6-8-2-4-10-5-3-8/h2-5,7,13H,6H2,1H3,(H,11,12). The summed E-state index contributed by atoms with van der Waals surface area (Å²) in [7, 11) is 0. The molecule has 1 amide bonds. The summed E-state index contributed by atoms with van der Waals surface area (Å²) in [6.45, 7) is 2.28. The molecule has 70 valence electrons. The van der Waals surface area contributed by atoms with Crippen LogP contribution in [0, 0.1) is 0 Å². The van der Waals surface area contributed by atoms with Crippen molar-refractivity contribution in [2.24, 2.45) is 0 Å². The molecule has 1 rings (SSSR count). The van der Waals surface area contributed by atoms with Gasteiger partial charge in [-0.2, -0.15) is 12.6 Å². The van der Waals surface area contributed by atoms with Crippen molar-refractivity contribution in [3.8, 4) is 0 Å². The molecule has 0 radical (unpaired) electrons. The van der Waals surface area contributed by atoms with Crippen molar-refractivity contribution < 1.29 is 4.79 Å². The van der Waals surface area contributed by atoms with Crippen LogP contribution < -0.4 is 5.32 Å². The van der Waals surface area contributed by atoms with Gasteiger partial charge in [0.25, 0.3) is 0 Å². The van der Waals surface area contributed by atoms with Crippen molar-refractivity contribution in [1.29, 1.82) is 0 Å². The summed E-state index contributed by atoms with van der Waals surface area (Å²) < 4.78 is 0. The van der Waals surface area contributed by atoms with E-state index in [-0.39, 0.29) is 11.2 Å². The monoisotopic (exact) mass is 196 g/mol. The van der Waals surface area contributed by atoms with Crippen LogP contribution in [-0.4, -0.2) is 16.1 Å². The second-order valence-corrected chi connectivity index (χ2v) is 3.52. The van der Waals surface area contributed by atoms with E-state index in [1.165, 1.54) is 0 Å². The molecule has 0 aromatic carbocycles. The molecule has 0 bridgehead atoms. The maximum absolute atomic E-state index is 11.1. The van der Waals surface area contributed by atoms with Gasteiger partial charge in [-0.1, -0.05) is 0 Å². The highest BCUT2D eigenvalue weighted by molar-refractivity contribution is 7.81. The molecule has 1 unspecified atom stereocenters. The van der Waals surface area contributed by atoms with Crippen molar-refractivity contribution in [2.75, 3.05) is 0 Å². The molecule has 1 N–H and O–H groups in total. The Hall–Kier alpha value is -1.03. The summed E-state index contributed by atoms with van der Waals surface area (Å²) in [6, 6.07) is 3.73. The van der Waals surface area contributed by atoms with Gasteiger partial charge in [-0.25, -0.2) is 0 Å². The fraction of sp³-hybridized carbons (Fsp3) is 0.333. The third-order valence-corrected chi connectivity index (χ3v) is 1.83. The van der Waals surface area contributed by atoms with E-state index in [1.54, 1.807) is 19.3 Å². The van der Waals surface area contributed by atoms with E-state index in [9.17, 15) is 4.79 Å². The highest BCUT2D eigenvalue weighted by atomic mass is 32.1. The van der Waals surface area contributed by atoms with E-state index < -0.39 is 0 Å². The number of carbonyl (C=O) groups excluding carboxylic acids is 1. The van der Waals surface area contributed by atoms with E-state index >= 15 is 0 Å². The van der Waals surface area contributed by atoms with Gasteiger partial charge < -0.3 is 5.32 Å². The van der Waals surface area contributed by atoms with Crippen LogP contribution in [0.2, 0.25) is 0 Å². The Morgan fingerprint density at radius 3 is 2.77 bits per heavy atom. The van der Waals surface area contributed by atoms with Crippen molar-refractivity contribution in [3.63, 3.8) is 0 Å². The Labute approximate surface area is 83.0 Å². The van der Waals surface area contributed by atoms with Gasteiger partial charge in [0.05, 0.1) is 5.25 Å². The Morgan fingerprint density at radius 2 is 2.23 bits per heavy atom. The minimum Gasteiger partial charge on any atom is -0.351 e. The van der Waals surface area contributed by atoms with Crippen LogP contribution in [0.4, 0.5) is 0 Å². The lowest BCUT2D eigenvalue weighted by atomic mass is 10.2. The second kappa shape index (κ2) is 4.87. The number of aromatic nitrogens is 1. The van der Waals surface area contributed by atoms with Crippen molar-refractivity contribution >= 4 is 18.5 Å². The molecule has 0 saturated heterocycles. The highest BCUT2D eigenvalue weighted by Gasteiger charge is 2.05. The summed E-state index contributed by atoms with van der Waals surface area (Å²) in [4.78, 5) is 15.0. The smallest absolute Gasteiger partial charge is 0.232 e. The molecule has 1 heterocycles. The largest absolute Gasteiger partial charge is 0.351 e. The summed E-state index contributed by atoms with van der Waals surface area (Å²) in [6.07, 6.45) is 3.40. The second-order valence-electron chi connectivity index (χ2n) is 2.75. The van der Waals surface area contributed by atoms with Gasteiger partial charge in [0.2, 0.25) is 5.91 Å². The third kappa shape index (κ3) is 3.46. The third-order valence-electron chi connectivity index (χ3n) is 1.60. The minimum absolute atomic E-state index is 0.0554.